The summed E-state index contributed by atoms with van der Waals surface area (Å²) in [4.78, 5) is 12.7. The second-order valence-corrected chi connectivity index (χ2v) is 8.73. The van der Waals surface area contributed by atoms with Gasteiger partial charge < -0.3 is 14.8 Å². The Kier molecular flexibility index (Phi) is 8.40. The summed E-state index contributed by atoms with van der Waals surface area (Å²) in [7, 11) is 0. The summed E-state index contributed by atoms with van der Waals surface area (Å²) < 4.78 is 11.8. The van der Waals surface area contributed by atoms with Crippen LogP contribution in [0.15, 0.2) is 78.9 Å². The minimum atomic E-state index is -0.158. The molecule has 1 aliphatic carbocycles. The van der Waals surface area contributed by atoms with Crippen molar-refractivity contribution in [3.63, 3.8) is 0 Å². The van der Waals surface area contributed by atoms with E-state index in [-0.39, 0.29) is 5.91 Å². The van der Waals surface area contributed by atoms with Gasteiger partial charge in [-0.2, -0.15) is 0 Å². The van der Waals surface area contributed by atoms with Gasteiger partial charge in [-0.15, -0.1) is 0 Å². The molecule has 0 saturated heterocycles. The summed E-state index contributed by atoms with van der Waals surface area (Å²) in [6, 6.07) is 25.1. The van der Waals surface area contributed by atoms with Crippen molar-refractivity contribution in [1.82, 2.24) is 0 Å². The molecule has 0 heterocycles. The van der Waals surface area contributed by atoms with Gasteiger partial charge in [0.2, 0.25) is 0 Å². The highest BCUT2D eigenvalue weighted by Crippen LogP contribution is 2.26. The first-order valence-electron chi connectivity index (χ1n) is 12.1. The summed E-state index contributed by atoms with van der Waals surface area (Å²) in [5, 5.41) is 2.95. The topological polar surface area (TPSA) is 47.6 Å². The highest BCUT2D eigenvalue weighted by atomic mass is 16.5. The molecule has 1 fully saturated rings. The van der Waals surface area contributed by atoms with Crippen molar-refractivity contribution < 1.29 is 14.3 Å². The first kappa shape index (κ1) is 22.9. The Morgan fingerprint density at radius 3 is 2.33 bits per heavy atom. The van der Waals surface area contributed by atoms with Gasteiger partial charge in [-0.3, -0.25) is 4.79 Å². The molecular formula is C29H33NO3. The lowest BCUT2D eigenvalue weighted by Crippen LogP contribution is -2.12. The van der Waals surface area contributed by atoms with Crippen molar-refractivity contribution in [3.8, 4) is 11.5 Å². The molecule has 1 N–H and O–H groups in total. The summed E-state index contributed by atoms with van der Waals surface area (Å²) >= 11 is 0. The Bertz CT molecular complexity index is 995. The van der Waals surface area contributed by atoms with Crippen LogP contribution in [0, 0.1) is 5.92 Å². The molecule has 0 bridgehead atoms. The SMILES string of the molecule is O=C(Nc1ccc(OCCC2CCCCC2)cc1)c1cccc(OCCc2ccccc2)c1. The van der Waals surface area contributed by atoms with Crippen LogP contribution in [0.3, 0.4) is 0 Å². The molecule has 33 heavy (non-hydrogen) atoms. The molecule has 4 rings (SSSR count). The second-order valence-electron chi connectivity index (χ2n) is 8.73. The Labute approximate surface area is 196 Å². The summed E-state index contributed by atoms with van der Waals surface area (Å²) in [5.41, 5.74) is 2.54. The molecule has 1 aliphatic rings. The average Bonchev–Trinajstić information content (AvgIpc) is 2.87. The maximum atomic E-state index is 12.7. The standard InChI is InChI=1S/C29H33NO3/c31-29(25-12-7-13-28(22-25)33-21-19-24-10-5-2-6-11-24)30-26-14-16-27(17-15-26)32-20-18-23-8-3-1-4-9-23/h2,5-7,10-17,22-23H,1,3-4,8-9,18-21H2,(H,30,31). The largest absolute Gasteiger partial charge is 0.494 e. The predicted octanol–water partition coefficient (Wildman–Crippen LogP) is 6.91. The summed E-state index contributed by atoms with van der Waals surface area (Å²) in [6.45, 7) is 1.32. The molecule has 0 aliphatic heterocycles. The zero-order valence-electron chi connectivity index (χ0n) is 19.2. The van der Waals surface area contributed by atoms with Crippen molar-refractivity contribution in [1.29, 1.82) is 0 Å². The molecule has 0 aromatic heterocycles. The third-order valence-corrected chi connectivity index (χ3v) is 6.23. The molecule has 0 spiro atoms. The summed E-state index contributed by atoms with van der Waals surface area (Å²) in [5.74, 6) is 2.20. The molecular weight excluding hydrogens is 410 g/mol. The molecule has 0 radical (unpaired) electrons. The minimum Gasteiger partial charge on any atom is -0.494 e. The van der Waals surface area contributed by atoms with E-state index in [0.29, 0.717) is 17.9 Å². The molecule has 3 aromatic carbocycles. The van der Waals surface area contributed by atoms with Gasteiger partial charge in [-0.05, 0) is 60.4 Å². The molecule has 1 amide bonds. The van der Waals surface area contributed by atoms with Crippen LogP contribution < -0.4 is 14.8 Å². The number of hydrogen-bond acceptors (Lipinski definition) is 3. The third kappa shape index (κ3) is 7.38. The molecule has 172 valence electrons. The first-order chi connectivity index (χ1) is 16.3. The molecule has 1 saturated carbocycles. The van der Waals surface area contributed by atoms with Crippen LogP contribution in [0.2, 0.25) is 0 Å². The molecule has 4 nitrogen and oxygen atoms in total. The maximum Gasteiger partial charge on any atom is 0.255 e. The maximum absolute atomic E-state index is 12.7. The van der Waals surface area contributed by atoms with Crippen molar-refractivity contribution >= 4 is 11.6 Å². The lowest BCUT2D eigenvalue weighted by Gasteiger charge is -2.21. The van der Waals surface area contributed by atoms with Crippen LogP contribution in [-0.2, 0) is 6.42 Å². The lowest BCUT2D eigenvalue weighted by atomic mass is 9.87. The minimum absolute atomic E-state index is 0.158. The van der Waals surface area contributed by atoms with E-state index in [0.717, 1.165) is 36.8 Å². The Morgan fingerprint density at radius 2 is 1.55 bits per heavy atom. The number of carbonyl (C=O) groups excluding carboxylic acids is 1. The third-order valence-electron chi connectivity index (χ3n) is 6.23. The van der Waals surface area contributed by atoms with E-state index >= 15 is 0 Å². The van der Waals surface area contributed by atoms with E-state index in [1.807, 2.05) is 54.6 Å². The van der Waals surface area contributed by atoms with Gasteiger partial charge in [0.15, 0.2) is 0 Å². The Morgan fingerprint density at radius 1 is 0.788 bits per heavy atom. The lowest BCUT2D eigenvalue weighted by molar-refractivity contribution is 0.102. The zero-order chi connectivity index (χ0) is 22.7. The van der Waals surface area contributed by atoms with E-state index in [2.05, 4.69) is 17.4 Å². The van der Waals surface area contributed by atoms with Crippen molar-refractivity contribution in [2.24, 2.45) is 5.92 Å². The number of amides is 1. The van der Waals surface area contributed by atoms with Gasteiger partial charge in [0, 0.05) is 17.7 Å². The van der Waals surface area contributed by atoms with Gasteiger partial charge in [0.1, 0.15) is 11.5 Å². The van der Waals surface area contributed by atoms with Crippen LogP contribution in [0.4, 0.5) is 5.69 Å². The second kappa shape index (κ2) is 12.1. The van der Waals surface area contributed by atoms with Crippen molar-refractivity contribution in [2.45, 2.75) is 44.9 Å². The average molecular weight is 444 g/mol. The van der Waals surface area contributed by atoms with Crippen molar-refractivity contribution in [3.05, 3.63) is 90.0 Å². The monoisotopic (exact) mass is 443 g/mol. The highest BCUT2D eigenvalue weighted by molar-refractivity contribution is 6.04. The number of rotatable bonds is 10. The predicted molar refractivity (Wildman–Crippen MR) is 133 cm³/mol. The Balaban J connectivity index is 1.23. The van der Waals surface area contributed by atoms with E-state index < -0.39 is 0 Å². The van der Waals surface area contributed by atoms with Crippen LogP contribution >= 0.6 is 0 Å². The van der Waals surface area contributed by atoms with E-state index in [9.17, 15) is 4.79 Å². The fourth-order valence-corrected chi connectivity index (χ4v) is 4.32. The van der Waals surface area contributed by atoms with Crippen LogP contribution in [0.25, 0.3) is 0 Å². The molecule has 0 atom stereocenters. The number of carbonyl (C=O) groups is 1. The van der Waals surface area contributed by atoms with E-state index in [1.165, 1.54) is 37.7 Å². The van der Waals surface area contributed by atoms with Crippen LogP contribution in [0.5, 0.6) is 11.5 Å². The highest BCUT2D eigenvalue weighted by Gasteiger charge is 2.13. The fraction of sp³-hybridized carbons (Fsp3) is 0.345. The molecule has 0 unspecified atom stereocenters. The smallest absolute Gasteiger partial charge is 0.255 e. The van der Waals surface area contributed by atoms with E-state index in [4.69, 9.17) is 9.47 Å². The van der Waals surface area contributed by atoms with Gasteiger partial charge in [-0.25, -0.2) is 0 Å². The van der Waals surface area contributed by atoms with Crippen LogP contribution in [0.1, 0.15) is 54.4 Å². The zero-order valence-corrected chi connectivity index (χ0v) is 19.2. The Hall–Kier alpha value is -3.27. The number of nitrogens with one attached hydrogen (secondary N) is 1. The fourth-order valence-electron chi connectivity index (χ4n) is 4.32. The first-order valence-corrected chi connectivity index (χ1v) is 12.1. The van der Waals surface area contributed by atoms with Gasteiger partial charge in [0.25, 0.3) is 5.91 Å². The summed E-state index contributed by atoms with van der Waals surface area (Å²) in [6.07, 6.45) is 8.75. The van der Waals surface area contributed by atoms with Crippen molar-refractivity contribution in [2.75, 3.05) is 18.5 Å². The van der Waals surface area contributed by atoms with Gasteiger partial charge >= 0.3 is 0 Å². The number of benzene rings is 3. The number of hydrogen-bond donors (Lipinski definition) is 1. The van der Waals surface area contributed by atoms with E-state index in [1.54, 1.807) is 12.1 Å². The van der Waals surface area contributed by atoms with Crippen LogP contribution in [-0.4, -0.2) is 19.1 Å². The molecule has 4 heteroatoms. The number of anilines is 1. The molecule has 3 aromatic rings. The quantitative estimate of drug-likeness (QED) is 0.370. The normalized spacial score (nSPS) is 13.9. The van der Waals surface area contributed by atoms with Gasteiger partial charge in [0.05, 0.1) is 13.2 Å². The van der Waals surface area contributed by atoms with Gasteiger partial charge in [-0.1, -0.05) is 68.5 Å². The number of ether oxygens (including phenoxy) is 2.